The van der Waals surface area contributed by atoms with Gasteiger partial charge in [-0.1, -0.05) is 30.3 Å². The Morgan fingerprint density at radius 1 is 1.46 bits per heavy atom. The van der Waals surface area contributed by atoms with E-state index in [-0.39, 0.29) is 25.8 Å². The lowest BCUT2D eigenvalue weighted by atomic mass is 10.1. The Morgan fingerprint density at radius 3 is 2.92 bits per heavy atom. The Labute approximate surface area is 143 Å². The first kappa shape index (κ1) is 18.8. The zero-order valence-electron chi connectivity index (χ0n) is 13.7. The Hall–Kier alpha value is -1.50. The van der Waals surface area contributed by atoms with E-state index in [9.17, 15) is 8.42 Å². The number of morpholine rings is 1. The van der Waals surface area contributed by atoms with E-state index in [0.29, 0.717) is 19.6 Å². The summed E-state index contributed by atoms with van der Waals surface area (Å²) in [5, 5.41) is 8.83. The highest BCUT2D eigenvalue weighted by Gasteiger charge is 2.28. The van der Waals surface area contributed by atoms with Crippen molar-refractivity contribution < 1.29 is 17.9 Å². The second-order valence-corrected chi connectivity index (χ2v) is 7.28. The van der Waals surface area contributed by atoms with E-state index >= 15 is 0 Å². The largest absolute Gasteiger partial charge is 0.374 e. The molecule has 2 unspecified atom stereocenters. The van der Waals surface area contributed by atoms with Crippen molar-refractivity contribution in [1.82, 2.24) is 9.03 Å². The number of ether oxygens (including phenoxy) is 2. The molecule has 1 saturated heterocycles. The van der Waals surface area contributed by atoms with Crippen LogP contribution < -0.4 is 4.72 Å². The van der Waals surface area contributed by atoms with Crippen LogP contribution in [-0.2, 0) is 19.7 Å². The van der Waals surface area contributed by atoms with Crippen molar-refractivity contribution in [2.75, 3.05) is 32.8 Å². The smallest absolute Gasteiger partial charge is 0.279 e. The first-order valence-corrected chi connectivity index (χ1v) is 9.39. The molecule has 7 nitrogen and oxygen atoms in total. The highest BCUT2D eigenvalue weighted by molar-refractivity contribution is 7.87. The predicted molar refractivity (Wildman–Crippen MR) is 89.3 cm³/mol. The van der Waals surface area contributed by atoms with Gasteiger partial charge in [0.25, 0.3) is 10.2 Å². The van der Waals surface area contributed by atoms with Crippen LogP contribution in [0.15, 0.2) is 30.3 Å². The summed E-state index contributed by atoms with van der Waals surface area (Å²) in [7, 11) is -3.58. The lowest BCUT2D eigenvalue weighted by molar-refractivity contribution is 0.0306. The summed E-state index contributed by atoms with van der Waals surface area (Å²) in [4.78, 5) is 0. The minimum absolute atomic E-state index is 0.0292. The van der Waals surface area contributed by atoms with Crippen molar-refractivity contribution in [3.05, 3.63) is 35.9 Å². The van der Waals surface area contributed by atoms with E-state index in [1.165, 1.54) is 4.31 Å². The molecule has 2 atom stereocenters. The zero-order chi connectivity index (χ0) is 17.4. The van der Waals surface area contributed by atoms with Gasteiger partial charge in [0.1, 0.15) is 0 Å². The molecular weight excluding hydrogens is 330 g/mol. The number of nitriles is 1. The van der Waals surface area contributed by atoms with E-state index in [1.54, 1.807) is 0 Å². The summed E-state index contributed by atoms with van der Waals surface area (Å²) in [6.07, 6.45) is -0.161. The summed E-state index contributed by atoms with van der Waals surface area (Å²) >= 11 is 0. The van der Waals surface area contributed by atoms with E-state index in [2.05, 4.69) is 4.72 Å². The Kier molecular flexibility index (Phi) is 7.15. The summed E-state index contributed by atoms with van der Waals surface area (Å²) in [5.41, 5.74) is 1.09. The molecule has 8 heteroatoms. The summed E-state index contributed by atoms with van der Waals surface area (Å²) in [5.74, 6) is 0. The second-order valence-electron chi connectivity index (χ2n) is 5.52. The van der Waals surface area contributed by atoms with Gasteiger partial charge in [0.15, 0.2) is 6.10 Å². The van der Waals surface area contributed by atoms with Crippen LogP contribution in [0.2, 0.25) is 0 Å². The maximum Gasteiger partial charge on any atom is 0.279 e. The van der Waals surface area contributed by atoms with Crippen LogP contribution in [0, 0.1) is 11.3 Å². The number of nitrogens with zero attached hydrogens (tertiary/aromatic N) is 2. The van der Waals surface area contributed by atoms with Gasteiger partial charge in [0, 0.05) is 19.7 Å². The van der Waals surface area contributed by atoms with Gasteiger partial charge in [-0.05, 0) is 18.9 Å². The number of hydrogen-bond donors (Lipinski definition) is 1. The minimum Gasteiger partial charge on any atom is -0.374 e. The summed E-state index contributed by atoms with van der Waals surface area (Å²) in [6.45, 7) is 3.27. The van der Waals surface area contributed by atoms with Crippen LogP contribution in [-0.4, -0.2) is 51.7 Å². The van der Waals surface area contributed by atoms with E-state index in [0.717, 1.165) is 5.56 Å². The van der Waals surface area contributed by atoms with E-state index in [4.69, 9.17) is 14.7 Å². The fourth-order valence-electron chi connectivity index (χ4n) is 2.37. The highest BCUT2D eigenvalue weighted by Crippen LogP contribution is 2.15. The molecule has 1 aromatic rings. The molecule has 132 valence electrons. The van der Waals surface area contributed by atoms with Gasteiger partial charge in [-0.15, -0.1) is 0 Å². The maximum absolute atomic E-state index is 12.2. The lowest BCUT2D eigenvalue weighted by Gasteiger charge is -2.28. The quantitative estimate of drug-likeness (QED) is 0.709. The number of hydrogen-bond acceptors (Lipinski definition) is 5. The van der Waals surface area contributed by atoms with Gasteiger partial charge in [-0.25, -0.2) is 4.72 Å². The molecule has 0 bridgehead atoms. The monoisotopic (exact) mass is 353 g/mol. The van der Waals surface area contributed by atoms with Crippen molar-refractivity contribution in [2.24, 2.45) is 0 Å². The van der Waals surface area contributed by atoms with Crippen molar-refractivity contribution in [3.8, 4) is 6.07 Å². The van der Waals surface area contributed by atoms with Crippen molar-refractivity contribution in [2.45, 2.75) is 25.6 Å². The van der Waals surface area contributed by atoms with Gasteiger partial charge < -0.3 is 9.47 Å². The Balaban J connectivity index is 1.69. The van der Waals surface area contributed by atoms with E-state index < -0.39 is 16.3 Å². The van der Waals surface area contributed by atoms with Crippen LogP contribution in [0.4, 0.5) is 0 Å². The fraction of sp³-hybridized carbons (Fsp3) is 0.562. The van der Waals surface area contributed by atoms with Crippen LogP contribution in [0.25, 0.3) is 0 Å². The number of benzene rings is 1. The first-order chi connectivity index (χ1) is 11.5. The minimum atomic E-state index is -3.58. The third-order valence-corrected chi connectivity index (χ3v) is 5.34. The summed E-state index contributed by atoms with van der Waals surface area (Å²) in [6, 6.07) is 11.8. The molecule has 0 aliphatic carbocycles. The topological polar surface area (TPSA) is 91.7 Å². The predicted octanol–water partition coefficient (Wildman–Crippen LogP) is 1.21. The average molecular weight is 353 g/mol. The molecule has 1 fully saturated rings. The van der Waals surface area contributed by atoms with Crippen LogP contribution in [0.3, 0.4) is 0 Å². The third-order valence-electron chi connectivity index (χ3n) is 3.76. The molecule has 1 heterocycles. The third kappa shape index (κ3) is 5.54. The molecule has 1 aliphatic heterocycles. The molecule has 24 heavy (non-hydrogen) atoms. The molecule has 0 saturated carbocycles. The maximum atomic E-state index is 12.2. The SMILES string of the molecule is CC(OCCCNS(=O)(=O)N1CCOC(C#N)C1)c1ccccc1. The average Bonchev–Trinajstić information content (AvgIpc) is 2.62. The van der Waals surface area contributed by atoms with Crippen LogP contribution in [0.1, 0.15) is 25.0 Å². The number of rotatable bonds is 8. The first-order valence-electron chi connectivity index (χ1n) is 7.95. The number of nitrogens with one attached hydrogen (secondary N) is 1. The van der Waals surface area contributed by atoms with E-state index in [1.807, 2.05) is 43.3 Å². The zero-order valence-corrected chi connectivity index (χ0v) is 14.5. The summed E-state index contributed by atoms with van der Waals surface area (Å²) < 4.78 is 39.0. The molecule has 0 spiro atoms. The van der Waals surface area contributed by atoms with Gasteiger partial charge in [-0.2, -0.15) is 18.0 Å². The molecule has 1 aromatic carbocycles. The molecular formula is C16H23N3O4S. The highest BCUT2D eigenvalue weighted by atomic mass is 32.2. The molecule has 0 radical (unpaired) electrons. The van der Waals surface area contributed by atoms with Gasteiger partial charge >= 0.3 is 0 Å². The molecule has 0 amide bonds. The van der Waals surface area contributed by atoms with Crippen LogP contribution in [0.5, 0.6) is 0 Å². The molecule has 0 aromatic heterocycles. The van der Waals surface area contributed by atoms with Gasteiger partial charge in [0.2, 0.25) is 0 Å². The Morgan fingerprint density at radius 2 is 2.21 bits per heavy atom. The lowest BCUT2D eigenvalue weighted by Crippen LogP contribution is -2.49. The van der Waals surface area contributed by atoms with Crippen molar-refractivity contribution >= 4 is 10.2 Å². The Bertz CT molecular complexity index is 645. The normalized spacial score (nSPS) is 20.4. The molecule has 2 rings (SSSR count). The van der Waals surface area contributed by atoms with Gasteiger partial charge in [0.05, 0.1) is 25.3 Å². The van der Waals surface area contributed by atoms with Gasteiger partial charge in [-0.3, -0.25) is 0 Å². The molecule has 1 aliphatic rings. The standard InChI is InChI=1S/C16H23N3O4S/c1-14(15-6-3-2-4-7-15)22-10-5-8-18-24(20,21)19-9-11-23-16(12-17)13-19/h2-4,6-7,14,16,18H,5,8-11,13H2,1H3. The van der Waals surface area contributed by atoms with Crippen LogP contribution >= 0.6 is 0 Å². The van der Waals surface area contributed by atoms with Crippen molar-refractivity contribution in [1.29, 1.82) is 5.26 Å². The second kappa shape index (κ2) is 9.11. The molecule has 1 N–H and O–H groups in total. The van der Waals surface area contributed by atoms with Crippen molar-refractivity contribution in [3.63, 3.8) is 0 Å². The fourth-order valence-corrected chi connectivity index (χ4v) is 3.60.